The zero-order chi connectivity index (χ0) is 24.7. The van der Waals surface area contributed by atoms with Crippen LogP contribution < -0.4 is 10.6 Å². The van der Waals surface area contributed by atoms with Gasteiger partial charge in [-0.3, -0.25) is 14.6 Å². The normalized spacial score (nSPS) is 12.9. The van der Waals surface area contributed by atoms with Gasteiger partial charge in [0.15, 0.2) is 5.78 Å². The van der Waals surface area contributed by atoms with Gasteiger partial charge >= 0.3 is 6.09 Å². The molecule has 0 spiro atoms. The van der Waals surface area contributed by atoms with Crippen molar-refractivity contribution in [3.63, 3.8) is 0 Å². The highest BCUT2D eigenvalue weighted by molar-refractivity contribution is 6.02. The van der Waals surface area contributed by atoms with Crippen molar-refractivity contribution in [1.29, 1.82) is 0 Å². The Hall–Kier alpha value is -4.01. The van der Waals surface area contributed by atoms with Crippen LogP contribution in [0.15, 0.2) is 67.4 Å². The number of amides is 2. The van der Waals surface area contributed by atoms with Gasteiger partial charge < -0.3 is 19.9 Å². The standard InChI is InChI=1S/C25H29N5O4/c1-17(22(31)18-8-10-20(11-9-18)30-14-13-26-16-30)28-23(32)21(15-19-7-5-6-12-27-19)29-24(33)34-25(2,3)4/h5-14,16-17,21H,15H2,1-4H3,(H,28,32)(H,29,33)/t17?,21-/m0/s1. The Morgan fingerprint density at radius 2 is 1.76 bits per heavy atom. The van der Waals surface area contributed by atoms with E-state index < -0.39 is 29.7 Å². The number of aromatic nitrogens is 3. The van der Waals surface area contributed by atoms with Crippen LogP contribution in [0.3, 0.4) is 0 Å². The number of hydrogen-bond acceptors (Lipinski definition) is 6. The van der Waals surface area contributed by atoms with E-state index in [9.17, 15) is 14.4 Å². The molecule has 2 heterocycles. The summed E-state index contributed by atoms with van der Waals surface area (Å²) in [4.78, 5) is 46.5. The third-order valence-corrected chi connectivity index (χ3v) is 4.85. The van der Waals surface area contributed by atoms with Crippen molar-refractivity contribution in [1.82, 2.24) is 25.2 Å². The van der Waals surface area contributed by atoms with Crippen molar-refractivity contribution in [3.05, 3.63) is 78.6 Å². The fourth-order valence-corrected chi connectivity index (χ4v) is 3.23. The van der Waals surface area contributed by atoms with Gasteiger partial charge in [-0.05, 0) is 64.1 Å². The van der Waals surface area contributed by atoms with Gasteiger partial charge in [-0.25, -0.2) is 9.78 Å². The van der Waals surface area contributed by atoms with E-state index in [1.165, 1.54) is 0 Å². The predicted molar refractivity (Wildman–Crippen MR) is 127 cm³/mol. The Bertz CT molecular complexity index is 1110. The van der Waals surface area contributed by atoms with Crippen molar-refractivity contribution in [2.24, 2.45) is 0 Å². The molecule has 3 rings (SSSR count). The number of imidazole rings is 1. The molecular formula is C25H29N5O4. The molecule has 0 saturated heterocycles. The lowest BCUT2D eigenvalue weighted by molar-refractivity contribution is -0.123. The SMILES string of the molecule is CC(NC(=O)[C@H](Cc1ccccn1)NC(=O)OC(C)(C)C)C(=O)c1ccc(-n2ccnc2)cc1. The molecule has 2 N–H and O–H groups in total. The van der Waals surface area contributed by atoms with E-state index in [2.05, 4.69) is 20.6 Å². The van der Waals surface area contributed by atoms with Gasteiger partial charge in [0.05, 0.1) is 12.4 Å². The quantitative estimate of drug-likeness (QED) is 0.496. The number of carbonyl (C=O) groups is 3. The highest BCUT2D eigenvalue weighted by Crippen LogP contribution is 2.12. The second-order valence-electron chi connectivity index (χ2n) is 8.84. The van der Waals surface area contributed by atoms with E-state index in [0.717, 1.165) is 5.69 Å². The maximum Gasteiger partial charge on any atom is 0.408 e. The first-order valence-corrected chi connectivity index (χ1v) is 10.9. The number of ether oxygens (including phenoxy) is 1. The molecule has 2 amide bonds. The molecule has 1 aromatic carbocycles. The van der Waals surface area contributed by atoms with Gasteiger partial charge in [0.2, 0.25) is 5.91 Å². The topological polar surface area (TPSA) is 115 Å². The lowest BCUT2D eigenvalue weighted by Gasteiger charge is -2.24. The van der Waals surface area contributed by atoms with E-state index in [-0.39, 0.29) is 12.2 Å². The van der Waals surface area contributed by atoms with E-state index in [1.54, 1.807) is 95.1 Å². The van der Waals surface area contributed by atoms with E-state index in [4.69, 9.17) is 4.74 Å². The molecule has 0 aliphatic rings. The van der Waals surface area contributed by atoms with Crippen molar-refractivity contribution in [3.8, 4) is 5.69 Å². The number of pyridine rings is 1. The van der Waals surface area contributed by atoms with E-state index in [1.807, 2.05) is 4.57 Å². The summed E-state index contributed by atoms with van der Waals surface area (Å²) in [7, 11) is 0. The Kier molecular flexibility index (Phi) is 7.78. The molecule has 0 radical (unpaired) electrons. The van der Waals surface area contributed by atoms with Crippen LogP contribution in [0.2, 0.25) is 0 Å². The number of benzene rings is 1. The average Bonchev–Trinajstić information content (AvgIpc) is 3.32. The minimum atomic E-state index is -0.969. The molecule has 9 nitrogen and oxygen atoms in total. The highest BCUT2D eigenvalue weighted by Gasteiger charge is 2.27. The van der Waals surface area contributed by atoms with Crippen molar-refractivity contribution in [2.75, 3.05) is 0 Å². The van der Waals surface area contributed by atoms with Crippen LogP contribution in [0.25, 0.3) is 5.69 Å². The highest BCUT2D eigenvalue weighted by atomic mass is 16.6. The number of hydrogen-bond donors (Lipinski definition) is 2. The fraction of sp³-hybridized carbons (Fsp3) is 0.320. The van der Waals surface area contributed by atoms with Crippen molar-refractivity contribution in [2.45, 2.75) is 51.8 Å². The maximum absolute atomic E-state index is 13.0. The minimum Gasteiger partial charge on any atom is -0.444 e. The van der Waals surface area contributed by atoms with Crippen LogP contribution in [0.5, 0.6) is 0 Å². The molecule has 178 valence electrons. The van der Waals surface area contributed by atoms with Crippen molar-refractivity contribution >= 4 is 17.8 Å². The number of nitrogens with zero attached hydrogens (tertiary/aromatic N) is 3. The number of rotatable bonds is 8. The van der Waals surface area contributed by atoms with Gasteiger partial charge in [-0.15, -0.1) is 0 Å². The second kappa shape index (κ2) is 10.7. The number of Topliss-reactive ketones (excluding diaryl/α,β-unsaturated/α-hetero) is 1. The second-order valence-corrected chi connectivity index (χ2v) is 8.84. The molecule has 2 atom stereocenters. The summed E-state index contributed by atoms with van der Waals surface area (Å²) in [6.45, 7) is 6.81. The van der Waals surface area contributed by atoms with Crippen LogP contribution in [0.1, 0.15) is 43.7 Å². The average molecular weight is 464 g/mol. The monoisotopic (exact) mass is 463 g/mol. The van der Waals surface area contributed by atoms with Gasteiger partial charge in [-0.1, -0.05) is 6.07 Å². The number of ketones is 1. The summed E-state index contributed by atoms with van der Waals surface area (Å²) in [6.07, 6.45) is 6.17. The third kappa shape index (κ3) is 6.99. The van der Waals surface area contributed by atoms with Crippen LogP contribution in [-0.2, 0) is 16.0 Å². The minimum absolute atomic E-state index is 0.145. The van der Waals surface area contributed by atoms with Gasteiger partial charge in [0, 0.05) is 42.0 Å². The predicted octanol–water partition coefficient (Wildman–Crippen LogP) is 3.09. The lowest BCUT2D eigenvalue weighted by Crippen LogP contribution is -2.52. The lowest BCUT2D eigenvalue weighted by atomic mass is 10.0. The Balaban J connectivity index is 1.68. The summed E-state index contributed by atoms with van der Waals surface area (Å²) in [5.41, 5.74) is 1.22. The van der Waals surface area contributed by atoms with Crippen LogP contribution >= 0.6 is 0 Å². The Morgan fingerprint density at radius 1 is 1.03 bits per heavy atom. The van der Waals surface area contributed by atoms with Gasteiger partial charge in [-0.2, -0.15) is 0 Å². The molecule has 0 aliphatic carbocycles. The number of nitrogens with one attached hydrogen (secondary N) is 2. The molecule has 9 heteroatoms. The van der Waals surface area contributed by atoms with Crippen LogP contribution in [-0.4, -0.2) is 50.0 Å². The first-order chi connectivity index (χ1) is 16.1. The Labute approximate surface area is 198 Å². The van der Waals surface area contributed by atoms with Gasteiger partial charge in [0.25, 0.3) is 0 Å². The molecule has 0 saturated carbocycles. The molecule has 34 heavy (non-hydrogen) atoms. The summed E-state index contributed by atoms with van der Waals surface area (Å²) in [6, 6.07) is 10.5. The summed E-state index contributed by atoms with van der Waals surface area (Å²) in [5, 5.41) is 5.30. The zero-order valence-corrected chi connectivity index (χ0v) is 19.7. The summed E-state index contributed by atoms with van der Waals surface area (Å²) >= 11 is 0. The zero-order valence-electron chi connectivity index (χ0n) is 19.7. The molecule has 1 unspecified atom stereocenters. The molecule has 0 bridgehead atoms. The third-order valence-electron chi connectivity index (χ3n) is 4.85. The molecule has 2 aromatic heterocycles. The Morgan fingerprint density at radius 3 is 2.35 bits per heavy atom. The largest absolute Gasteiger partial charge is 0.444 e. The molecular weight excluding hydrogens is 434 g/mol. The van der Waals surface area contributed by atoms with Gasteiger partial charge in [0.1, 0.15) is 11.6 Å². The first-order valence-electron chi connectivity index (χ1n) is 10.9. The van der Waals surface area contributed by atoms with Crippen LogP contribution in [0.4, 0.5) is 4.79 Å². The van der Waals surface area contributed by atoms with E-state index in [0.29, 0.717) is 11.3 Å². The summed E-state index contributed by atoms with van der Waals surface area (Å²) < 4.78 is 7.12. The van der Waals surface area contributed by atoms with Crippen molar-refractivity contribution < 1.29 is 19.1 Å². The molecule has 0 fully saturated rings. The van der Waals surface area contributed by atoms with Crippen LogP contribution in [0, 0.1) is 0 Å². The molecule has 3 aromatic rings. The number of alkyl carbamates (subject to hydrolysis) is 1. The smallest absolute Gasteiger partial charge is 0.408 e. The molecule has 0 aliphatic heterocycles. The maximum atomic E-state index is 13.0. The summed E-state index contributed by atoms with van der Waals surface area (Å²) in [5.74, 6) is -0.758. The number of carbonyl (C=O) groups excluding carboxylic acids is 3. The fourth-order valence-electron chi connectivity index (χ4n) is 3.23. The first kappa shape index (κ1) is 24.6. The van der Waals surface area contributed by atoms with E-state index >= 15 is 0 Å².